The number of hydrogen-bond donors (Lipinski definition) is 0. The quantitative estimate of drug-likeness (QED) is 0.146. The summed E-state index contributed by atoms with van der Waals surface area (Å²) in [5.74, 6) is 2.71. The van der Waals surface area contributed by atoms with Crippen molar-refractivity contribution in [3.05, 3.63) is 188 Å². The van der Waals surface area contributed by atoms with E-state index in [-0.39, 0.29) is 0 Å². The maximum atomic E-state index is 5.03. The van der Waals surface area contributed by atoms with E-state index in [0.29, 0.717) is 17.5 Å². The molecule has 270 valence electrons. The van der Waals surface area contributed by atoms with Gasteiger partial charge in [0.25, 0.3) is 0 Å². The number of fused-ring (bicyclic) bond motifs is 4. The van der Waals surface area contributed by atoms with E-state index in [4.69, 9.17) is 15.0 Å². The van der Waals surface area contributed by atoms with E-state index in [9.17, 15) is 0 Å². The molecule has 0 bridgehead atoms. The number of benzene rings is 7. The van der Waals surface area contributed by atoms with Gasteiger partial charge in [0.15, 0.2) is 17.5 Å². The van der Waals surface area contributed by atoms with Crippen LogP contribution in [-0.2, 0) is 0 Å². The molecule has 0 radical (unpaired) electrons. The Morgan fingerprint density at radius 2 is 1.05 bits per heavy atom. The molecule has 0 aliphatic rings. The number of rotatable bonds is 8. The summed E-state index contributed by atoms with van der Waals surface area (Å²) in [5, 5.41) is 3.48. The highest BCUT2D eigenvalue weighted by Crippen LogP contribution is 2.42. The van der Waals surface area contributed by atoms with Crippen LogP contribution in [0.25, 0.3) is 95.5 Å². The van der Waals surface area contributed by atoms with Crippen molar-refractivity contribution in [3.63, 3.8) is 0 Å². The van der Waals surface area contributed by atoms with Gasteiger partial charge < -0.3 is 4.57 Å². The standard InChI is InChI=1S/C51H36N6/c1-3-17-42-41-31-30-36(33-46(41)57(51(42)52-2)38-23-11-6-12-24-38)40-27-16-29-45-47(40)43-26-13-14-28-44(43)56(45)39-25-15-22-37(32-39)50-54-48(34-18-7-4-8-19-34)53-49(55-50)35-20-9-5-10-21-35/h3-33H,2H2,1H3/b17-3-. The molecule has 3 aromatic heterocycles. The molecule has 0 atom stereocenters. The van der Waals surface area contributed by atoms with Gasteiger partial charge >= 0.3 is 0 Å². The van der Waals surface area contributed by atoms with Crippen LogP contribution >= 0.6 is 0 Å². The highest BCUT2D eigenvalue weighted by atomic mass is 15.1. The molecule has 0 aliphatic heterocycles. The van der Waals surface area contributed by atoms with Crippen LogP contribution in [0, 0.1) is 0 Å². The minimum Gasteiger partial charge on any atom is -0.309 e. The van der Waals surface area contributed by atoms with E-state index >= 15 is 0 Å². The Balaban J connectivity index is 1.16. The topological polar surface area (TPSA) is 60.9 Å². The van der Waals surface area contributed by atoms with Crippen molar-refractivity contribution in [3.8, 4) is 56.7 Å². The highest BCUT2D eigenvalue weighted by Gasteiger charge is 2.20. The summed E-state index contributed by atoms with van der Waals surface area (Å²) in [4.78, 5) is 19.5. The summed E-state index contributed by atoms with van der Waals surface area (Å²) in [5.41, 5.74) is 11.5. The van der Waals surface area contributed by atoms with Gasteiger partial charge in [0.1, 0.15) is 5.82 Å². The Labute approximate surface area is 330 Å². The summed E-state index contributed by atoms with van der Waals surface area (Å²) in [6.07, 6.45) is 4.18. The Kier molecular flexibility index (Phi) is 8.42. The van der Waals surface area contributed by atoms with Gasteiger partial charge in [-0.15, -0.1) is 0 Å². The van der Waals surface area contributed by atoms with Gasteiger partial charge in [-0.3, -0.25) is 4.57 Å². The zero-order valence-corrected chi connectivity index (χ0v) is 31.3. The third kappa shape index (κ3) is 5.83. The SMILES string of the molecule is C=Nc1c(/C=C\C)c2ccc(-c3cccc4c3c3ccccc3n4-c3cccc(-c4nc(-c5ccccc5)nc(-c5ccccc5)n4)c3)cc2n1-c1ccccc1. The predicted octanol–water partition coefficient (Wildman–Crippen LogP) is 12.9. The Bertz CT molecular complexity index is 3080. The van der Waals surface area contributed by atoms with E-state index in [0.717, 1.165) is 72.5 Å². The van der Waals surface area contributed by atoms with Crippen molar-refractivity contribution >= 4 is 51.3 Å². The first kappa shape index (κ1) is 33.8. The smallest absolute Gasteiger partial charge is 0.164 e. The molecule has 10 rings (SSSR count). The van der Waals surface area contributed by atoms with Gasteiger partial charge in [0.2, 0.25) is 0 Å². The van der Waals surface area contributed by atoms with Crippen LogP contribution in [0.4, 0.5) is 5.82 Å². The number of hydrogen-bond acceptors (Lipinski definition) is 4. The second-order valence-corrected chi connectivity index (χ2v) is 13.9. The van der Waals surface area contributed by atoms with Crippen molar-refractivity contribution in [1.29, 1.82) is 0 Å². The lowest BCUT2D eigenvalue weighted by Crippen LogP contribution is -2.01. The fourth-order valence-corrected chi connectivity index (χ4v) is 8.05. The maximum Gasteiger partial charge on any atom is 0.164 e. The zero-order chi connectivity index (χ0) is 38.3. The van der Waals surface area contributed by atoms with Crippen LogP contribution in [-0.4, -0.2) is 30.8 Å². The van der Waals surface area contributed by atoms with Crippen LogP contribution < -0.4 is 0 Å². The van der Waals surface area contributed by atoms with Crippen molar-refractivity contribution in [2.45, 2.75) is 6.92 Å². The van der Waals surface area contributed by atoms with Gasteiger partial charge in [-0.1, -0.05) is 146 Å². The molecule has 0 spiro atoms. The predicted molar refractivity (Wildman–Crippen MR) is 237 cm³/mol. The molecule has 0 unspecified atom stereocenters. The molecule has 0 fully saturated rings. The fraction of sp³-hybridized carbons (Fsp3) is 0.0196. The molecule has 0 saturated heterocycles. The first-order valence-electron chi connectivity index (χ1n) is 19.0. The van der Waals surface area contributed by atoms with E-state index in [1.165, 1.54) is 10.8 Å². The van der Waals surface area contributed by atoms with Crippen LogP contribution in [0.1, 0.15) is 12.5 Å². The molecule has 0 N–H and O–H groups in total. The van der Waals surface area contributed by atoms with Gasteiger partial charge in [-0.05, 0) is 67.2 Å². The normalized spacial score (nSPS) is 11.6. The number of aliphatic imine (C=N–C) groups is 1. The minimum absolute atomic E-state index is 0.617. The maximum absolute atomic E-state index is 5.03. The lowest BCUT2D eigenvalue weighted by atomic mass is 9.98. The third-order valence-corrected chi connectivity index (χ3v) is 10.5. The van der Waals surface area contributed by atoms with Gasteiger partial charge in [-0.2, -0.15) is 0 Å². The second kappa shape index (κ2) is 14.2. The van der Waals surface area contributed by atoms with Crippen LogP contribution in [0.3, 0.4) is 0 Å². The van der Waals surface area contributed by atoms with Crippen LogP contribution in [0.15, 0.2) is 187 Å². The summed E-state index contributed by atoms with van der Waals surface area (Å²) in [7, 11) is 0. The summed E-state index contributed by atoms with van der Waals surface area (Å²) < 4.78 is 4.56. The first-order chi connectivity index (χ1) is 28.2. The van der Waals surface area contributed by atoms with E-state index in [2.05, 4.69) is 142 Å². The molecule has 7 aromatic carbocycles. The molecule has 0 saturated carbocycles. The van der Waals surface area contributed by atoms with E-state index in [1.807, 2.05) is 73.7 Å². The van der Waals surface area contributed by atoms with Gasteiger partial charge in [0.05, 0.1) is 16.6 Å². The van der Waals surface area contributed by atoms with Crippen molar-refractivity contribution in [1.82, 2.24) is 24.1 Å². The third-order valence-electron chi connectivity index (χ3n) is 10.5. The lowest BCUT2D eigenvalue weighted by molar-refractivity contribution is 1.07. The molecule has 0 aliphatic carbocycles. The Hall–Kier alpha value is -7.70. The Morgan fingerprint density at radius 3 is 1.74 bits per heavy atom. The summed E-state index contributed by atoms with van der Waals surface area (Å²) in [6, 6.07) is 61.1. The number of para-hydroxylation sites is 2. The number of aromatic nitrogens is 5. The lowest BCUT2D eigenvalue weighted by Gasteiger charge is -2.12. The number of nitrogens with zero attached hydrogens (tertiary/aromatic N) is 6. The summed E-state index contributed by atoms with van der Waals surface area (Å²) >= 11 is 0. The van der Waals surface area contributed by atoms with Crippen LogP contribution in [0.5, 0.6) is 0 Å². The first-order valence-corrected chi connectivity index (χ1v) is 19.0. The van der Waals surface area contributed by atoms with Crippen molar-refractivity contribution in [2.24, 2.45) is 4.99 Å². The largest absolute Gasteiger partial charge is 0.309 e. The molecular weight excluding hydrogens is 697 g/mol. The zero-order valence-electron chi connectivity index (χ0n) is 31.3. The fourth-order valence-electron chi connectivity index (χ4n) is 8.05. The van der Waals surface area contributed by atoms with E-state index < -0.39 is 0 Å². The molecule has 6 heteroatoms. The van der Waals surface area contributed by atoms with Crippen molar-refractivity contribution in [2.75, 3.05) is 0 Å². The van der Waals surface area contributed by atoms with E-state index in [1.54, 1.807) is 0 Å². The van der Waals surface area contributed by atoms with Gasteiger partial charge in [-0.25, -0.2) is 19.9 Å². The molecule has 0 amide bonds. The van der Waals surface area contributed by atoms with Crippen LogP contribution in [0.2, 0.25) is 0 Å². The monoisotopic (exact) mass is 732 g/mol. The second-order valence-electron chi connectivity index (χ2n) is 13.9. The van der Waals surface area contributed by atoms with Crippen molar-refractivity contribution < 1.29 is 0 Å². The molecule has 3 heterocycles. The number of allylic oxidation sites excluding steroid dienone is 1. The summed E-state index contributed by atoms with van der Waals surface area (Å²) in [6.45, 7) is 6.02. The molecule has 10 aromatic rings. The highest BCUT2D eigenvalue weighted by molar-refractivity contribution is 6.16. The Morgan fingerprint density at radius 1 is 0.474 bits per heavy atom. The average Bonchev–Trinajstić information content (AvgIpc) is 3.79. The molecule has 57 heavy (non-hydrogen) atoms. The molecule has 6 nitrogen and oxygen atoms in total. The molecular formula is C51H36N6. The minimum atomic E-state index is 0.617. The van der Waals surface area contributed by atoms with Gasteiger partial charge in [0, 0.05) is 49.8 Å². The average molecular weight is 733 g/mol.